The molecule has 0 aliphatic carbocycles. The summed E-state index contributed by atoms with van der Waals surface area (Å²) < 4.78 is 23.7. The zero-order valence-corrected chi connectivity index (χ0v) is 11.9. The van der Waals surface area contributed by atoms with Gasteiger partial charge in [-0.15, -0.1) is 5.10 Å². The van der Waals surface area contributed by atoms with E-state index in [1.807, 2.05) is 0 Å². The predicted octanol–water partition coefficient (Wildman–Crippen LogP) is -0.147. The molecule has 0 aliphatic rings. The SMILES string of the molecule is CC(C)CNCc1nnnn1CCCS(C)(=O)=O. The first-order valence-corrected chi connectivity index (χ1v) is 8.08. The number of hydrogen-bond acceptors (Lipinski definition) is 6. The minimum absolute atomic E-state index is 0.158. The summed E-state index contributed by atoms with van der Waals surface area (Å²) in [5.74, 6) is 1.47. The summed E-state index contributed by atoms with van der Waals surface area (Å²) in [4.78, 5) is 0. The molecule has 0 saturated carbocycles. The third kappa shape index (κ3) is 6.06. The van der Waals surface area contributed by atoms with Crippen LogP contribution in [0.25, 0.3) is 0 Å². The molecule has 104 valence electrons. The fourth-order valence-electron chi connectivity index (χ4n) is 1.47. The highest BCUT2D eigenvalue weighted by atomic mass is 32.2. The van der Waals surface area contributed by atoms with Gasteiger partial charge in [-0.25, -0.2) is 13.1 Å². The van der Waals surface area contributed by atoms with Gasteiger partial charge in [0.15, 0.2) is 5.82 Å². The van der Waals surface area contributed by atoms with Crippen molar-refractivity contribution in [2.24, 2.45) is 5.92 Å². The van der Waals surface area contributed by atoms with Crippen LogP contribution in [-0.2, 0) is 22.9 Å². The molecule has 7 nitrogen and oxygen atoms in total. The highest BCUT2D eigenvalue weighted by Crippen LogP contribution is 1.97. The van der Waals surface area contributed by atoms with Crippen LogP contribution in [0.2, 0.25) is 0 Å². The number of tetrazole rings is 1. The average Bonchev–Trinajstić information content (AvgIpc) is 2.63. The lowest BCUT2D eigenvalue weighted by Gasteiger charge is -2.07. The fraction of sp³-hybridized carbons (Fsp3) is 0.900. The van der Waals surface area contributed by atoms with E-state index in [-0.39, 0.29) is 5.75 Å². The van der Waals surface area contributed by atoms with Gasteiger partial charge in [0, 0.05) is 12.8 Å². The monoisotopic (exact) mass is 275 g/mol. The number of nitrogens with zero attached hydrogens (tertiary/aromatic N) is 4. The lowest BCUT2D eigenvalue weighted by atomic mass is 10.2. The summed E-state index contributed by atoms with van der Waals surface area (Å²) in [6.07, 6.45) is 1.76. The van der Waals surface area contributed by atoms with Gasteiger partial charge in [-0.1, -0.05) is 13.8 Å². The third-order valence-electron chi connectivity index (χ3n) is 2.33. The van der Waals surface area contributed by atoms with E-state index in [0.29, 0.717) is 25.4 Å². The smallest absolute Gasteiger partial charge is 0.165 e. The molecular weight excluding hydrogens is 254 g/mol. The highest BCUT2D eigenvalue weighted by Gasteiger charge is 2.07. The predicted molar refractivity (Wildman–Crippen MR) is 68.7 cm³/mol. The van der Waals surface area contributed by atoms with Gasteiger partial charge in [0.2, 0.25) is 0 Å². The molecule has 0 bridgehead atoms. The molecule has 0 atom stereocenters. The molecule has 18 heavy (non-hydrogen) atoms. The Labute approximate surface area is 108 Å². The van der Waals surface area contributed by atoms with Crippen LogP contribution >= 0.6 is 0 Å². The van der Waals surface area contributed by atoms with Crippen molar-refractivity contribution >= 4 is 9.84 Å². The minimum atomic E-state index is -2.92. The molecule has 1 rings (SSSR count). The molecule has 0 aliphatic heterocycles. The number of sulfone groups is 1. The highest BCUT2D eigenvalue weighted by molar-refractivity contribution is 7.90. The largest absolute Gasteiger partial charge is 0.310 e. The summed E-state index contributed by atoms with van der Waals surface area (Å²) in [6, 6.07) is 0. The number of rotatable bonds is 8. The Morgan fingerprint density at radius 3 is 2.72 bits per heavy atom. The van der Waals surface area contributed by atoms with Crippen LogP contribution in [0.4, 0.5) is 0 Å². The van der Waals surface area contributed by atoms with Gasteiger partial charge in [-0.2, -0.15) is 0 Å². The Morgan fingerprint density at radius 1 is 1.39 bits per heavy atom. The fourth-order valence-corrected chi connectivity index (χ4v) is 2.13. The molecule has 0 amide bonds. The summed E-state index contributed by atoms with van der Waals surface area (Å²) >= 11 is 0. The molecule has 1 aromatic rings. The number of aryl methyl sites for hydroxylation is 1. The van der Waals surface area contributed by atoms with Crippen LogP contribution in [0.1, 0.15) is 26.1 Å². The summed E-state index contributed by atoms with van der Waals surface area (Å²) in [6.45, 7) is 6.28. The standard InChI is InChI=1S/C10H21N5O2S/c1-9(2)7-11-8-10-12-13-14-15(10)5-4-6-18(3,16)17/h9,11H,4-8H2,1-3H3. The molecule has 1 aromatic heterocycles. The van der Waals surface area contributed by atoms with E-state index in [0.717, 1.165) is 12.4 Å². The normalized spacial score (nSPS) is 12.2. The zero-order valence-electron chi connectivity index (χ0n) is 11.1. The van der Waals surface area contributed by atoms with Crippen LogP contribution in [0.15, 0.2) is 0 Å². The van der Waals surface area contributed by atoms with Crippen molar-refractivity contribution < 1.29 is 8.42 Å². The van der Waals surface area contributed by atoms with Gasteiger partial charge in [-0.3, -0.25) is 0 Å². The van der Waals surface area contributed by atoms with Crippen LogP contribution < -0.4 is 5.32 Å². The molecule has 0 spiro atoms. The maximum Gasteiger partial charge on any atom is 0.165 e. The van der Waals surface area contributed by atoms with Gasteiger partial charge >= 0.3 is 0 Å². The van der Waals surface area contributed by atoms with Crippen LogP contribution in [0.5, 0.6) is 0 Å². The lowest BCUT2D eigenvalue weighted by Crippen LogP contribution is -2.22. The molecule has 8 heteroatoms. The Hall–Kier alpha value is -1.02. The maximum atomic E-state index is 11.0. The second-order valence-corrected chi connectivity index (χ2v) is 7.09. The number of nitrogens with one attached hydrogen (secondary N) is 1. The first-order valence-electron chi connectivity index (χ1n) is 6.02. The Bertz CT molecular complexity index is 455. The molecule has 0 radical (unpaired) electrons. The second kappa shape index (κ2) is 6.79. The van der Waals surface area contributed by atoms with Gasteiger partial charge in [0.1, 0.15) is 9.84 Å². The van der Waals surface area contributed by atoms with Crippen molar-refractivity contribution in [3.63, 3.8) is 0 Å². The summed E-state index contributed by atoms with van der Waals surface area (Å²) in [7, 11) is -2.92. The molecular formula is C10H21N5O2S. The van der Waals surface area contributed by atoms with E-state index in [4.69, 9.17) is 0 Å². The molecule has 0 saturated heterocycles. The third-order valence-corrected chi connectivity index (χ3v) is 3.36. The quantitative estimate of drug-likeness (QED) is 0.710. The average molecular weight is 275 g/mol. The maximum absolute atomic E-state index is 11.0. The van der Waals surface area contributed by atoms with Gasteiger partial charge in [0.25, 0.3) is 0 Å². The van der Waals surface area contributed by atoms with Gasteiger partial charge in [-0.05, 0) is 29.3 Å². The van der Waals surface area contributed by atoms with E-state index in [9.17, 15) is 8.42 Å². The van der Waals surface area contributed by atoms with Gasteiger partial charge in [0.05, 0.1) is 12.3 Å². The topological polar surface area (TPSA) is 89.8 Å². The zero-order chi connectivity index (χ0) is 13.6. The summed E-state index contributed by atoms with van der Waals surface area (Å²) in [5.41, 5.74) is 0. The number of aromatic nitrogens is 4. The van der Waals surface area contributed by atoms with Crippen molar-refractivity contribution in [2.75, 3.05) is 18.6 Å². The Morgan fingerprint density at radius 2 is 2.11 bits per heavy atom. The van der Waals surface area contributed by atoms with Crippen molar-refractivity contribution in [2.45, 2.75) is 33.4 Å². The van der Waals surface area contributed by atoms with E-state index >= 15 is 0 Å². The first kappa shape index (κ1) is 15.0. The minimum Gasteiger partial charge on any atom is -0.310 e. The molecule has 0 fully saturated rings. The van der Waals surface area contributed by atoms with Crippen LogP contribution in [0, 0.1) is 5.92 Å². The number of hydrogen-bond donors (Lipinski definition) is 1. The van der Waals surface area contributed by atoms with Crippen LogP contribution in [-0.4, -0.2) is 47.2 Å². The first-order chi connectivity index (χ1) is 8.38. The van der Waals surface area contributed by atoms with Crippen LogP contribution in [0.3, 0.4) is 0 Å². The molecule has 1 heterocycles. The van der Waals surface area contributed by atoms with Gasteiger partial charge < -0.3 is 5.32 Å². The summed E-state index contributed by atoms with van der Waals surface area (Å²) in [5, 5.41) is 14.6. The van der Waals surface area contributed by atoms with E-state index in [2.05, 4.69) is 34.7 Å². The molecule has 0 aromatic carbocycles. The lowest BCUT2D eigenvalue weighted by molar-refractivity contribution is 0.504. The Balaban J connectivity index is 2.40. The van der Waals surface area contributed by atoms with E-state index in [1.54, 1.807) is 4.68 Å². The van der Waals surface area contributed by atoms with E-state index < -0.39 is 9.84 Å². The Kier molecular flexibility index (Phi) is 5.67. The van der Waals surface area contributed by atoms with Crippen molar-refractivity contribution in [1.82, 2.24) is 25.5 Å². The van der Waals surface area contributed by atoms with Crippen molar-refractivity contribution in [3.8, 4) is 0 Å². The second-order valence-electron chi connectivity index (χ2n) is 4.83. The molecule has 1 N–H and O–H groups in total. The molecule has 0 unspecified atom stereocenters. The van der Waals surface area contributed by atoms with E-state index in [1.165, 1.54) is 6.26 Å². The van der Waals surface area contributed by atoms with Crippen molar-refractivity contribution in [1.29, 1.82) is 0 Å². The van der Waals surface area contributed by atoms with Crippen molar-refractivity contribution in [3.05, 3.63) is 5.82 Å².